The van der Waals surface area contributed by atoms with Gasteiger partial charge in [0.15, 0.2) is 0 Å². The molecule has 0 aliphatic carbocycles. The first-order valence-electron chi connectivity index (χ1n) is 7.83. The van der Waals surface area contributed by atoms with Gasteiger partial charge in [-0.2, -0.15) is 0 Å². The van der Waals surface area contributed by atoms with Crippen LogP contribution in [0.25, 0.3) is 0 Å². The second kappa shape index (κ2) is 9.18. The minimum absolute atomic E-state index is 0.00548. The van der Waals surface area contributed by atoms with Crippen LogP contribution >= 0.6 is 23.4 Å². The molecule has 0 heterocycles. The third-order valence-electron chi connectivity index (χ3n) is 3.28. The number of nitrogens with one attached hydrogen (secondary N) is 1. The van der Waals surface area contributed by atoms with E-state index < -0.39 is 16.5 Å². The van der Waals surface area contributed by atoms with Crippen LogP contribution in [0.15, 0.2) is 12.1 Å². The summed E-state index contributed by atoms with van der Waals surface area (Å²) in [5.74, 6) is -0.557. The van der Waals surface area contributed by atoms with Crippen molar-refractivity contribution in [3.8, 4) is 5.75 Å². The van der Waals surface area contributed by atoms with Gasteiger partial charge in [0, 0.05) is 6.07 Å². The number of thioether (sulfide) groups is 1. The number of halogens is 1. The molecule has 0 aliphatic heterocycles. The summed E-state index contributed by atoms with van der Waals surface area (Å²) in [5.41, 5.74) is 1.43. The molecule has 1 aromatic carbocycles. The largest absolute Gasteiger partial charge is 0.491 e. The van der Waals surface area contributed by atoms with Gasteiger partial charge in [0.2, 0.25) is 5.91 Å². The van der Waals surface area contributed by atoms with E-state index in [4.69, 9.17) is 21.4 Å². The summed E-state index contributed by atoms with van der Waals surface area (Å²) in [6.07, 6.45) is 0.768. The fourth-order valence-corrected chi connectivity index (χ4v) is 3.14. The number of hydrogen-bond acceptors (Lipinski definition) is 4. The standard InChI is InChI=1S/C17H24ClNO4S/c1-6-12-7-13(18)14(8-15(12)23-9(2)3)19-16(20)10(4)24-11(5)17(21)22/h7-11H,6H2,1-5H3,(H,19,20)(H,21,22). The molecule has 2 N–H and O–H groups in total. The molecule has 134 valence electrons. The second-order valence-electron chi connectivity index (χ2n) is 5.71. The topological polar surface area (TPSA) is 75.6 Å². The molecule has 0 radical (unpaired) electrons. The van der Waals surface area contributed by atoms with E-state index in [0.717, 1.165) is 23.7 Å². The molecule has 0 bridgehead atoms. The Morgan fingerprint density at radius 3 is 2.38 bits per heavy atom. The summed E-state index contributed by atoms with van der Waals surface area (Å²) in [5, 5.41) is 10.9. The van der Waals surface area contributed by atoms with Crippen molar-refractivity contribution in [2.45, 2.75) is 57.6 Å². The average molecular weight is 374 g/mol. The van der Waals surface area contributed by atoms with Crippen molar-refractivity contribution in [3.63, 3.8) is 0 Å². The lowest BCUT2D eigenvalue weighted by atomic mass is 10.1. The van der Waals surface area contributed by atoms with E-state index in [1.165, 1.54) is 0 Å². The third-order valence-corrected chi connectivity index (χ3v) is 4.82. The summed E-state index contributed by atoms with van der Waals surface area (Å²) in [4.78, 5) is 23.2. The van der Waals surface area contributed by atoms with Gasteiger partial charge in [-0.3, -0.25) is 9.59 Å². The van der Waals surface area contributed by atoms with Gasteiger partial charge in [-0.05, 0) is 45.7 Å². The highest BCUT2D eigenvalue weighted by Gasteiger charge is 2.22. The molecule has 0 saturated carbocycles. The van der Waals surface area contributed by atoms with E-state index in [1.54, 1.807) is 26.0 Å². The maximum atomic E-state index is 12.3. The number of aryl methyl sites for hydroxylation is 1. The molecular weight excluding hydrogens is 350 g/mol. The van der Waals surface area contributed by atoms with Crippen LogP contribution in [-0.2, 0) is 16.0 Å². The van der Waals surface area contributed by atoms with Crippen LogP contribution in [0.4, 0.5) is 5.69 Å². The number of rotatable bonds is 8. The molecule has 1 aromatic rings. The highest BCUT2D eigenvalue weighted by Crippen LogP contribution is 2.32. The predicted molar refractivity (Wildman–Crippen MR) is 99.4 cm³/mol. The molecule has 0 fully saturated rings. The lowest BCUT2D eigenvalue weighted by Crippen LogP contribution is -2.26. The number of hydrogen-bond donors (Lipinski definition) is 2. The first kappa shape index (κ1) is 20.6. The molecule has 1 rings (SSSR count). The van der Waals surface area contributed by atoms with Gasteiger partial charge >= 0.3 is 5.97 Å². The van der Waals surface area contributed by atoms with Gasteiger partial charge in [0.1, 0.15) is 11.0 Å². The number of anilines is 1. The smallest absolute Gasteiger partial charge is 0.316 e. The van der Waals surface area contributed by atoms with Crippen LogP contribution in [0.1, 0.15) is 40.2 Å². The predicted octanol–water partition coefficient (Wildman–Crippen LogP) is 4.22. The van der Waals surface area contributed by atoms with Crippen LogP contribution in [0.2, 0.25) is 5.02 Å². The molecule has 7 heteroatoms. The van der Waals surface area contributed by atoms with E-state index in [2.05, 4.69) is 5.32 Å². The Bertz CT molecular complexity index is 606. The SMILES string of the molecule is CCc1cc(Cl)c(NC(=O)C(C)SC(C)C(=O)O)cc1OC(C)C. The highest BCUT2D eigenvalue weighted by atomic mass is 35.5. The minimum Gasteiger partial charge on any atom is -0.491 e. The van der Waals surface area contributed by atoms with Gasteiger partial charge in [0.25, 0.3) is 0 Å². The fraction of sp³-hybridized carbons (Fsp3) is 0.529. The highest BCUT2D eigenvalue weighted by molar-refractivity contribution is 8.01. The molecule has 1 amide bonds. The van der Waals surface area contributed by atoms with Crippen molar-refractivity contribution in [2.75, 3.05) is 5.32 Å². The number of carboxylic acids is 1. The quantitative estimate of drug-likeness (QED) is 0.713. The Balaban J connectivity index is 2.93. The van der Waals surface area contributed by atoms with Gasteiger partial charge in [-0.1, -0.05) is 18.5 Å². The Morgan fingerprint density at radius 1 is 1.25 bits per heavy atom. The lowest BCUT2D eigenvalue weighted by molar-refractivity contribution is -0.136. The summed E-state index contributed by atoms with van der Waals surface area (Å²) in [6, 6.07) is 3.50. The Morgan fingerprint density at radius 2 is 1.88 bits per heavy atom. The molecule has 0 saturated heterocycles. The minimum atomic E-state index is -0.947. The Labute approximate surface area is 152 Å². The first-order valence-corrected chi connectivity index (χ1v) is 9.15. The third kappa shape index (κ3) is 5.91. The van der Waals surface area contributed by atoms with Crippen molar-refractivity contribution in [1.82, 2.24) is 0 Å². The molecule has 2 unspecified atom stereocenters. The van der Waals surface area contributed by atoms with Crippen LogP contribution < -0.4 is 10.1 Å². The maximum Gasteiger partial charge on any atom is 0.316 e. The fourth-order valence-electron chi connectivity index (χ4n) is 1.99. The second-order valence-corrected chi connectivity index (χ2v) is 7.80. The zero-order valence-electron chi connectivity index (χ0n) is 14.6. The van der Waals surface area contributed by atoms with Crippen LogP contribution in [0.5, 0.6) is 5.75 Å². The summed E-state index contributed by atoms with van der Waals surface area (Å²) in [6.45, 7) is 9.08. The summed E-state index contributed by atoms with van der Waals surface area (Å²) >= 11 is 7.33. The maximum absolute atomic E-state index is 12.3. The summed E-state index contributed by atoms with van der Waals surface area (Å²) in [7, 11) is 0. The number of carbonyl (C=O) groups is 2. The number of carboxylic acid groups (broad SMARTS) is 1. The Kier molecular flexibility index (Phi) is 7.90. The van der Waals surface area contributed by atoms with Crippen molar-refractivity contribution in [1.29, 1.82) is 0 Å². The molecule has 0 spiro atoms. The van der Waals surface area contributed by atoms with Crippen molar-refractivity contribution >= 4 is 40.9 Å². The van der Waals surface area contributed by atoms with Gasteiger partial charge in [-0.15, -0.1) is 11.8 Å². The zero-order chi connectivity index (χ0) is 18.4. The monoisotopic (exact) mass is 373 g/mol. The summed E-state index contributed by atoms with van der Waals surface area (Å²) < 4.78 is 5.78. The molecular formula is C17H24ClNO4S. The number of carbonyl (C=O) groups excluding carboxylic acids is 1. The molecule has 5 nitrogen and oxygen atoms in total. The normalized spacial score (nSPS) is 13.5. The first-order chi connectivity index (χ1) is 11.1. The van der Waals surface area contributed by atoms with E-state index in [0.29, 0.717) is 16.5 Å². The van der Waals surface area contributed by atoms with Gasteiger partial charge in [0.05, 0.1) is 22.1 Å². The van der Waals surface area contributed by atoms with Crippen LogP contribution in [0, 0.1) is 0 Å². The number of aliphatic carboxylic acids is 1. The van der Waals surface area contributed by atoms with E-state index in [-0.39, 0.29) is 12.0 Å². The number of amides is 1. The van der Waals surface area contributed by atoms with Crippen molar-refractivity contribution < 1.29 is 19.4 Å². The van der Waals surface area contributed by atoms with Crippen molar-refractivity contribution in [2.24, 2.45) is 0 Å². The van der Waals surface area contributed by atoms with Crippen LogP contribution in [0.3, 0.4) is 0 Å². The van der Waals surface area contributed by atoms with E-state index in [1.807, 2.05) is 20.8 Å². The average Bonchev–Trinajstić information content (AvgIpc) is 2.49. The van der Waals surface area contributed by atoms with Gasteiger partial charge < -0.3 is 15.2 Å². The van der Waals surface area contributed by atoms with E-state index >= 15 is 0 Å². The molecule has 24 heavy (non-hydrogen) atoms. The molecule has 0 aromatic heterocycles. The zero-order valence-corrected chi connectivity index (χ0v) is 16.1. The van der Waals surface area contributed by atoms with Gasteiger partial charge in [-0.25, -0.2) is 0 Å². The number of benzene rings is 1. The number of ether oxygens (including phenoxy) is 1. The lowest BCUT2D eigenvalue weighted by Gasteiger charge is -2.18. The van der Waals surface area contributed by atoms with Crippen LogP contribution in [-0.4, -0.2) is 33.6 Å². The molecule has 0 aliphatic rings. The van der Waals surface area contributed by atoms with Crippen molar-refractivity contribution in [3.05, 3.63) is 22.7 Å². The Hall–Kier alpha value is -1.40. The van der Waals surface area contributed by atoms with E-state index in [9.17, 15) is 9.59 Å². The molecule has 2 atom stereocenters.